The van der Waals surface area contributed by atoms with Crippen LogP contribution in [0.5, 0.6) is 5.75 Å². The molecule has 0 atom stereocenters. The monoisotopic (exact) mass is 330 g/mol. The summed E-state index contributed by atoms with van der Waals surface area (Å²) in [5, 5.41) is 6.52. The van der Waals surface area contributed by atoms with Gasteiger partial charge in [-0.1, -0.05) is 5.10 Å². The number of rotatable bonds is 6. The maximum atomic E-state index is 11.9. The standard InChI is InChI=1S/C13H12F2N2O4S/c1-20-10-6-4-9(5-7-10)12-16-17-13(21-12)22(18,19)8-2-3-11(14)15/h3-7H,2,8H2,1H3. The average Bonchev–Trinajstić information content (AvgIpc) is 2.97. The number of methoxy groups -OCH3 is 1. The summed E-state index contributed by atoms with van der Waals surface area (Å²) >= 11 is 0. The van der Waals surface area contributed by atoms with Crippen LogP contribution in [0.15, 0.2) is 46.1 Å². The Morgan fingerprint density at radius 3 is 2.55 bits per heavy atom. The molecule has 0 bridgehead atoms. The van der Waals surface area contributed by atoms with E-state index in [9.17, 15) is 17.2 Å². The highest BCUT2D eigenvalue weighted by molar-refractivity contribution is 7.91. The molecule has 6 nitrogen and oxygen atoms in total. The van der Waals surface area contributed by atoms with Gasteiger partial charge in [-0.15, -0.1) is 5.10 Å². The molecule has 22 heavy (non-hydrogen) atoms. The van der Waals surface area contributed by atoms with Gasteiger partial charge in [0.05, 0.1) is 12.9 Å². The van der Waals surface area contributed by atoms with E-state index >= 15 is 0 Å². The predicted molar refractivity (Wildman–Crippen MR) is 73.3 cm³/mol. The highest BCUT2D eigenvalue weighted by Gasteiger charge is 2.22. The Labute approximate surface area is 125 Å². The molecule has 1 aromatic carbocycles. The molecule has 0 unspecified atom stereocenters. The molecule has 0 N–H and O–H groups in total. The number of hydrogen-bond donors (Lipinski definition) is 0. The van der Waals surface area contributed by atoms with E-state index in [4.69, 9.17) is 9.15 Å². The topological polar surface area (TPSA) is 82.3 Å². The summed E-state index contributed by atoms with van der Waals surface area (Å²) < 4.78 is 57.7. The number of aromatic nitrogens is 2. The molecule has 0 aliphatic rings. The van der Waals surface area contributed by atoms with E-state index in [0.29, 0.717) is 17.4 Å². The van der Waals surface area contributed by atoms with Gasteiger partial charge < -0.3 is 9.15 Å². The van der Waals surface area contributed by atoms with Crippen LogP contribution < -0.4 is 4.74 Å². The third kappa shape index (κ3) is 3.88. The Hall–Kier alpha value is -2.29. The largest absolute Gasteiger partial charge is 0.497 e. The second kappa shape index (κ2) is 6.65. The minimum atomic E-state index is -3.90. The van der Waals surface area contributed by atoms with Crippen molar-refractivity contribution in [1.82, 2.24) is 10.2 Å². The molecule has 9 heteroatoms. The van der Waals surface area contributed by atoms with Crippen LogP contribution in [0.25, 0.3) is 11.5 Å². The normalized spacial score (nSPS) is 11.2. The van der Waals surface area contributed by atoms with Gasteiger partial charge in [-0.05, 0) is 36.8 Å². The summed E-state index contributed by atoms with van der Waals surface area (Å²) in [5.74, 6) is 0.110. The van der Waals surface area contributed by atoms with E-state index in [0.717, 1.165) is 0 Å². The van der Waals surface area contributed by atoms with Gasteiger partial charge in [-0.3, -0.25) is 0 Å². The average molecular weight is 330 g/mol. The summed E-state index contributed by atoms with van der Waals surface area (Å²) in [6.07, 6.45) is -1.73. The van der Waals surface area contributed by atoms with E-state index in [1.54, 1.807) is 24.3 Å². The number of ether oxygens (including phenoxy) is 1. The number of benzene rings is 1. The number of sulfone groups is 1. The van der Waals surface area contributed by atoms with Gasteiger partial charge in [-0.2, -0.15) is 8.78 Å². The van der Waals surface area contributed by atoms with Crippen LogP contribution in [-0.2, 0) is 9.84 Å². The van der Waals surface area contributed by atoms with Crippen molar-refractivity contribution in [3.05, 3.63) is 36.4 Å². The molecule has 0 aliphatic carbocycles. The van der Waals surface area contributed by atoms with Crippen LogP contribution in [0.2, 0.25) is 0 Å². The van der Waals surface area contributed by atoms with Gasteiger partial charge in [0.25, 0.3) is 6.08 Å². The zero-order chi connectivity index (χ0) is 16.2. The second-order valence-electron chi connectivity index (χ2n) is 4.20. The lowest BCUT2D eigenvalue weighted by Gasteiger charge is -1.99. The first-order valence-electron chi connectivity index (χ1n) is 6.14. The van der Waals surface area contributed by atoms with Crippen molar-refractivity contribution in [2.24, 2.45) is 0 Å². The van der Waals surface area contributed by atoms with E-state index in [2.05, 4.69) is 10.2 Å². The number of nitrogens with zero attached hydrogens (tertiary/aromatic N) is 2. The third-order valence-corrected chi connectivity index (χ3v) is 4.16. The first-order chi connectivity index (χ1) is 10.4. The van der Waals surface area contributed by atoms with Crippen molar-refractivity contribution in [3.63, 3.8) is 0 Å². The second-order valence-corrected chi connectivity index (χ2v) is 6.19. The van der Waals surface area contributed by atoms with Crippen molar-refractivity contribution in [1.29, 1.82) is 0 Å². The molecule has 1 aromatic heterocycles. The summed E-state index contributed by atoms with van der Waals surface area (Å²) in [7, 11) is -2.38. The van der Waals surface area contributed by atoms with Crippen LogP contribution in [0.1, 0.15) is 6.42 Å². The summed E-state index contributed by atoms with van der Waals surface area (Å²) in [6, 6.07) is 6.57. The maximum absolute atomic E-state index is 11.9. The molecule has 0 fully saturated rings. The van der Waals surface area contributed by atoms with Gasteiger partial charge in [0.15, 0.2) is 0 Å². The van der Waals surface area contributed by atoms with Crippen LogP contribution >= 0.6 is 0 Å². The lowest BCUT2D eigenvalue weighted by atomic mass is 10.2. The van der Waals surface area contributed by atoms with Crippen molar-refractivity contribution in [2.45, 2.75) is 11.6 Å². The Balaban J connectivity index is 2.17. The molecule has 0 amide bonds. The summed E-state index contributed by atoms with van der Waals surface area (Å²) in [4.78, 5) is 0. The van der Waals surface area contributed by atoms with Gasteiger partial charge in [0, 0.05) is 5.56 Å². The first kappa shape index (κ1) is 16.1. The van der Waals surface area contributed by atoms with Crippen LogP contribution in [0, 0.1) is 0 Å². The fourth-order valence-electron chi connectivity index (χ4n) is 1.60. The van der Waals surface area contributed by atoms with Crippen molar-refractivity contribution < 1.29 is 26.4 Å². The Morgan fingerprint density at radius 2 is 1.95 bits per heavy atom. The smallest absolute Gasteiger partial charge is 0.335 e. The fraction of sp³-hybridized carbons (Fsp3) is 0.231. The van der Waals surface area contributed by atoms with E-state index < -0.39 is 26.9 Å². The lowest BCUT2D eigenvalue weighted by Crippen LogP contribution is -2.06. The Morgan fingerprint density at radius 1 is 1.27 bits per heavy atom. The molecule has 118 valence electrons. The highest BCUT2D eigenvalue weighted by Crippen LogP contribution is 2.23. The molecular formula is C13H12F2N2O4S. The lowest BCUT2D eigenvalue weighted by molar-refractivity contribution is 0.414. The van der Waals surface area contributed by atoms with E-state index in [-0.39, 0.29) is 12.3 Å². The van der Waals surface area contributed by atoms with Gasteiger partial charge in [0.2, 0.25) is 15.7 Å². The van der Waals surface area contributed by atoms with E-state index in [1.807, 2.05) is 0 Å². The Bertz CT molecular complexity index is 766. The summed E-state index contributed by atoms with van der Waals surface area (Å²) in [5.41, 5.74) is 0.518. The predicted octanol–water partition coefficient (Wildman–Crippen LogP) is 2.69. The highest BCUT2D eigenvalue weighted by atomic mass is 32.2. The molecular weight excluding hydrogens is 318 g/mol. The van der Waals surface area contributed by atoms with Crippen LogP contribution in [-0.4, -0.2) is 31.5 Å². The number of halogens is 2. The third-order valence-electron chi connectivity index (χ3n) is 2.69. The molecule has 0 saturated heterocycles. The molecule has 0 saturated carbocycles. The number of allylic oxidation sites excluding steroid dienone is 1. The Kier molecular flexibility index (Phi) is 4.86. The van der Waals surface area contributed by atoms with Crippen LogP contribution in [0.3, 0.4) is 0 Å². The maximum Gasteiger partial charge on any atom is 0.335 e. The molecule has 2 aromatic rings. The van der Waals surface area contributed by atoms with Crippen molar-refractivity contribution >= 4 is 9.84 Å². The first-order valence-corrected chi connectivity index (χ1v) is 7.79. The molecule has 2 rings (SSSR count). The van der Waals surface area contributed by atoms with Crippen molar-refractivity contribution in [3.8, 4) is 17.2 Å². The molecule has 0 spiro atoms. The van der Waals surface area contributed by atoms with Gasteiger partial charge >= 0.3 is 5.22 Å². The van der Waals surface area contributed by atoms with Gasteiger partial charge in [0.1, 0.15) is 5.75 Å². The zero-order valence-electron chi connectivity index (χ0n) is 11.5. The number of hydrogen-bond acceptors (Lipinski definition) is 6. The van der Waals surface area contributed by atoms with Crippen molar-refractivity contribution in [2.75, 3.05) is 12.9 Å². The minimum absolute atomic E-state index is 0.0217. The molecule has 0 radical (unpaired) electrons. The van der Waals surface area contributed by atoms with Gasteiger partial charge in [-0.25, -0.2) is 8.42 Å². The SMILES string of the molecule is COc1ccc(-c2nnc(S(=O)(=O)CCC=C(F)F)o2)cc1. The zero-order valence-corrected chi connectivity index (χ0v) is 12.3. The quantitative estimate of drug-likeness (QED) is 0.810. The van der Waals surface area contributed by atoms with Crippen LogP contribution in [0.4, 0.5) is 8.78 Å². The summed E-state index contributed by atoms with van der Waals surface area (Å²) in [6.45, 7) is 0. The fourth-order valence-corrected chi connectivity index (χ4v) is 2.57. The molecule has 0 aliphatic heterocycles. The molecule has 1 heterocycles. The van der Waals surface area contributed by atoms with E-state index in [1.165, 1.54) is 7.11 Å². The minimum Gasteiger partial charge on any atom is -0.497 e.